The number of carboxylic acid groups (broad SMARTS) is 2. The molecule has 2 bridgehead atoms. The fourth-order valence-electron chi connectivity index (χ4n) is 4.28. The Morgan fingerprint density at radius 1 is 0.938 bits per heavy atom. The van der Waals surface area contributed by atoms with Crippen LogP contribution in [0.25, 0.3) is 0 Å². The van der Waals surface area contributed by atoms with Crippen LogP contribution < -0.4 is 0 Å². The van der Waals surface area contributed by atoms with Gasteiger partial charge in [-0.2, -0.15) is 5.10 Å². The molecule has 2 unspecified atom stereocenters. The Bertz CT molecular complexity index is 979. The summed E-state index contributed by atoms with van der Waals surface area (Å²) in [7, 11) is 2.29. The van der Waals surface area contributed by atoms with Gasteiger partial charge in [-0.25, -0.2) is 9.59 Å². The van der Waals surface area contributed by atoms with E-state index in [1.807, 2.05) is 36.4 Å². The summed E-state index contributed by atoms with van der Waals surface area (Å²) in [5.74, 6) is 4.29. The number of carbonyl (C=O) groups is 2. The summed E-state index contributed by atoms with van der Waals surface area (Å²) in [5, 5.41) is 24.5. The fraction of sp³-hybridized carbons (Fsp3) is 0.360. The van der Waals surface area contributed by atoms with Crippen LogP contribution in [-0.2, 0) is 9.59 Å². The highest BCUT2D eigenvalue weighted by Gasteiger charge is 2.36. The Hall–Kier alpha value is -3.50. The van der Waals surface area contributed by atoms with Crippen LogP contribution in [0.1, 0.15) is 55.0 Å². The molecule has 1 aromatic heterocycles. The molecular weight excluding hydrogens is 406 g/mol. The van der Waals surface area contributed by atoms with Gasteiger partial charge >= 0.3 is 11.9 Å². The summed E-state index contributed by atoms with van der Waals surface area (Å²) in [6, 6.07) is 15.6. The van der Waals surface area contributed by atoms with Gasteiger partial charge in [0.2, 0.25) is 0 Å². The van der Waals surface area contributed by atoms with Crippen LogP contribution >= 0.6 is 0 Å². The molecule has 2 aromatic rings. The van der Waals surface area contributed by atoms with Gasteiger partial charge in [0.25, 0.3) is 0 Å². The molecule has 7 heteroatoms. The van der Waals surface area contributed by atoms with Crippen LogP contribution in [0, 0.1) is 11.8 Å². The summed E-state index contributed by atoms with van der Waals surface area (Å²) < 4.78 is 0. The predicted octanol–water partition coefficient (Wildman–Crippen LogP) is 3.32. The maximum Gasteiger partial charge on any atom is 0.328 e. The van der Waals surface area contributed by atoms with Crippen molar-refractivity contribution in [2.45, 2.75) is 50.1 Å². The van der Waals surface area contributed by atoms with Crippen molar-refractivity contribution in [3.05, 3.63) is 71.6 Å². The first-order chi connectivity index (χ1) is 15.4. The van der Waals surface area contributed by atoms with Crippen LogP contribution in [-0.4, -0.2) is 56.4 Å². The van der Waals surface area contributed by atoms with Gasteiger partial charge in [0.1, 0.15) is 5.69 Å². The highest BCUT2D eigenvalue weighted by molar-refractivity contribution is 5.89. The lowest BCUT2D eigenvalue weighted by atomic mass is 9.77. The van der Waals surface area contributed by atoms with E-state index in [0.717, 1.165) is 29.0 Å². The minimum Gasteiger partial charge on any atom is -0.478 e. The number of hydrogen-bond donors (Lipinski definition) is 2. The van der Waals surface area contributed by atoms with Gasteiger partial charge in [-0.3, -0.25) is 0 Å². The Morgan fingerprint density at radius 3 is 2.09 bits per heavy atom. The molecule has 2 fully saturated rings. The number of rotatable bonds is 3. The Labute approximate surface area is 187 Å². The zero-order valence-electron chi connectivity index (χ0n) is 18.0. The van der Waals surface area contributed by atoms with E-state index < -0.39 is 11.9 Å². The first-order valence-electron chi connectivity index (χ1n) is 10.7. The van der Waals surface area contributed by atoms with E-state index in [9.17, 15) is 9.59 Å². The average Bonchev–Trinajstić information content (AvgIpc) is 2.78. The summed E-state index contributed by atoms with van der Waals surface area (Å²) in [6.45, 7) is 0. The van der Waals surface area contributed by atoms with Gasteiger partial charge in [-0.1, -0.05) is 30.5 Å². The Kier molecular flexibility index (Phi) is 8.12. The molecule has 4 rings (SSSR count). The van der Waals surface area contributed by atoms with Gasteiger partial charge < -0.3 is 15.1 Å². The predicted molar refractivity (Wildman–Crippen MR) is 120 cm³/mol. The number of fused-ring (bicyclic) bond motifs is 2. The molecule has 0 radical (unpaired) electrons. The maximum atomic E-state index is 9.55. The summed E-state index contributed by atoms with van der Waals surface area (Å²) in [6.07, 6.45) is 7.60. The Morgan fingerprint density at radius 2 is 1.56 bits per heavy atom. The number of aliphatic carboxylic acids is 2. The molecule has 166 valence electrons. The van der Waals surface area contributed by atoms with Gasteiger partial charge in [-0.05, 0) is 62.9 Å². The van der Waals surface area contributed by atoms with Crippen molar-refractivity contribution in [3.63, 3.8) is 0 Å². The molecule has 2 atom stereocenters. The first kappa shape index (κ1) is 23.2. The van der Waals surface area contributed by atoms with Crippen LogP contribution in [0.4, 0.5) is 0 Å². The summed E-state index contributed by atoms with van der Waals surface area (Å²) in [5.41, 5.74) is 2.90. The highest BCUT2D eigenvalue weighted by Crippen LogP contribution is 2.39. The fourth-order valence-corrected chi connectivity index (χ4v) is 4.28. The van der Waals surface area contributed by atoms with Crippen LogP contribution in [0.5, 0.6) is 0 Å². The van der Waals surface area contributed by atoms with Crippen LogP contribution in [0.3, 0.4) is 0 Å². The molecule has 1 aromatic carbocycles. The molecule has 2 N–H and O–H groups in total. The van der Waals surface area contributed by atoms with E-state index in [4.69, 9.17) is 10.2 Å². The van der Waals surface area contributed by atoms with Crippen molar-refractivity contribution in [2.75, 3.05) is 7.05 Å². The van der Waals surface area contributed by atoms with Crippen molar-refractivity contribution in [3.8, 4) is 11.8 Å². The second-order valence-electron chi connectivity index (χ2n) is 8.04. The monoisotopic (exact) mass is 433 g/mol. The maximum absolute atomic E-state index is 9.55. The minimum atomic E-state index is -1.26. The van der Waals surface area contributed by atoms with Crippen LogP contribution in [0.15, 0.2) is 54.6 Å². The highest BCUT2D eigenvalue weighted by atomic mass is 16.4. The third-order valence-corrected chi connectivity index (χ3v) is 5.92. The number of nitrogens with zero attached hydrogens (tertiary/aromatic N) is 3. The molecule has 3 heterocycles. The molecule has 0 amide bonds. The summed E-state index contributed by atoms with van der Waals surface area (Å²) >= 11 is 0. The van der Waals surface area contributed by atoms with Crippen LogP contribution in [0.2, 0.25) is 0 Å². The lowest BCUT2D eigenvalue weighted by Gasteiger charge is -2.46. The van der Waals surface area contributed by atoms with Gasteiger partial charge in [0.15, 0.2) is 0 Å². The largest absolute Gasteiger partial charge is 0.478 e. The molecule has 2 saturated heterocycles. The lowest BCUT2D eigenvalue weighted by molar-refractivity contribution is -0.134. The lowest BCUT2D eigenvalue weighted by Crippen LogP contribution is -2.49. The molecule has 0 saturated carbocycles. The molecular formula is C25H27N3O4. The van der Waals surface area contributed by atoms with E-state index in [-0.39, 0.29) is 0 Å². The topological polar surface area (TPSA) is 104 Å². The molecule has 0 aliphatic carbocycles. The number of carboxylic acids is 2. The van der Waals surface area contributed by atoms with E-state index in [2.05, 4.69) is 40.1 Å². The van der Waals surface area contributed by atoms with Crippen molar-refractivity contribution in [1.29, 1.82) is 0 Å². The minimum absolute atomic E-state index is 0.556. The number of hydrogen-bond acceptors (Lipinski definition) is 5. The molecule has 2 aliphatic rings. The van der Waals surface area contributed by atoms with Gasteiger partial charge in [-0.15, -0.1) is 5.10 Å². The molecule has 2 aliphatic heterocycles. The van der Waals surface area contributed by atoms with Gasteiger partial charge in [0.05, 0.1) is 5.69 Å². The van der Waals surface area contributed by atoms with E-state index in [0.29, 0.717) is 18.1 Å². The number of aromatic nitrogens is 2. The van der Waals surface area contributed by atoms with Crippen molar-refractivity contribution in [1.82, 2.24) is 15.1 Å². The first-order valence-corrected chi connectivity index (χ1v) is 10.7. The zero-order chi connectivity index (χ0) is 22.9. The van der Waals surface area contributed by atoms with Crippen molar-refractivity contribution >= 4 is 11.9 Å². The van der Waals surface area contributed by atoms with E-state index in [1.165, 1.54) is 32.1 Å². The van der Waals surface area contributed by atoms with Crippen molar-refractivity contribution < 1.29 is 19.8 Å². The SMILES string of the molecule is CN1C2CCCC1CC(c1ccc(C#Cc3ccccc3)nn1)C2.O=C(O)/C=C/C(=O)O. The smallest absolute Gasteiger partial charge is 0.328 e. The molecule has 0 spiro atoms. The summed E-state index contributed by atoms with van der Waals surface area (Å²) in [4.78, 5) is 21.7. The quantitative estimate of drug-likeness (QED) is 0.565. The third kappa shape index (κ3) is 6.76. The van der Waals surface area contributed by atoms with Gasteiger partial charge in [0, 0.05) is 35.7 Å². The number of benzene rings is 1. The normalized spacial score (nSPS) is 22.2. The second kappa shape index (κ2) is 11.2. The average molecular weight is 434 g/mol. The zero-order valence-corrected chi connectivity index (χ0v) is 18.0. The third-order valence-electron chi connectivity index (χ3n) is 5.92. The second-order valence-corrected chi connectivity index (χ2v) is 8.04. The van der Waals surface area contributed by atoms with E-state index in [1.54, 1.807) is 0 Å². The molecule has 7 nitrogen and oxygen atoms in total. The number of piperidine rings is 2. The van der Waals surface area contributed by atoms with E-state index >= 15 is 0 Å². The van der Waals surface area contributed by atoms with Crippen molar-refractivity contribution in [2.24, 2.45) is 0 Å². The Balaban J connectivity index is 0.000000312. The standard InChI is InChI=1S/C21H23N3.C4H4O4/c1-24-19-8-5-9-20(24)15-17(14-19)21-13-12-18(22-23-21)11-10-16-6-3-2-4-7-16;5-3(6)1-2-4(7)8/h2-4,6-7,12-13,17,19-20H,5,8-9,14-15H2,1H3;1-2H,(H,5,6)(H,7,8)/b;2-1+. The molecule has 32 heavy (non-hydrogen) atoms.